The van der Waals surface area contributed by atoms with E-state index < -0.39 is 0 Å². The molecule has 3 rings (SSSR count). The van der Waals surface area contributed by atoms with Crippen molar-refractivity contribution in [2.24, 2.45) is 15.4 Å². The van der Waals surface area contributed by atoms with Gasteiger partial charge in [0.05, 0.1) is 5.52 Å². The summed E-state index contributed by atoms with van der Waals surface area (Å²) in [5.41, 5.74) is 1.61. The zero-order chi connectivity index (χ0) is 19.2. The maximum absolute atomic E-state index is 10.9. The first kappa shape index (κ1) is 19.0. The number of benzene rings is 2. The number of H-pyrrole nitrogens is 1. The van der Waals surface area contributed by atoms with E-state index in [2.05, 4.69) is 30.0 Å². The predicted octanol–water partition coefficient (Wildman–Crippen LogP) is 4.85. The highest BCUT2D eigenvalue weighted by molar-refractivity contribution is 7.97. The number of hydrogen-bond acceptors (Lipinski definition) is 8. The molecule has 8 nitrogen and oxygen atoms in total. The van der Waals surface area contributed by atoms with Crippen LogP contribution in [0.1, 0.15) is 0 Å². The number of aromatic amines is 1. The largest absolute Gasteiger partial charge is 0.493 e. The zero-order valence-corrected chi connectivity index (χ0v) is 15.8. The Balaban J connectivity index is 1.84. The highest BCUT2D eigenvalue weighted by Crippen LogP contribution is 2.38. The first-order valence-corrected chi connectivity index (χ1v) is 9.13. The number of azo groups is 1. The van der Waals surface area contributed by atoms with Gasteiger partial charge in [0, 0.05) is 23.4 Å². The van der Waals surface area contributed by atoms with Gasteiger partial charge in [-0.2, -0.15) is 0 Å². The molecule has 0 amide bonds. The van der Waals surface area contributed by atoms with Crippen molar-refractivity contribution in [3.63, 3.8) is 0 Å². The van der Waals surface area contributed by atoms with Gasteiger partial charge in [-0.05, 0) is 61.6 Å². The monoisotopic (exact) mass is 384 g/mol. The minimum atomic E-state index is -0.0759. The van der Waals surface area contributed by atoms with Crippen LogP contribution in [0.3, 0.4) is 0 Å². The molecule has 9 heteroatoms. The Labute approximate surface area is 160 Å². The number of nitrogens with zero attached hydrogens (tertiary/aromatic N) is 4. The highest BCUT2D eigenvalue weighted by Gasteiger charge is 2.12. The fourth-order valence-electron chi connectivity index (χ4n) is 2.44. The third kappa shape index (κ3) is 4.70. The Hall–Kier alpha value is -2.75. The lowest BCUT2D eigenvalue weighted by Gasteiger charge is -2.09. The summed E-state index contributed by atoms with van der Waals surface area (Å²) in [5.74, 6) is -0.0759. The number of hydrogen-bond donors (Lipinski definition) is 3. The number of likely N-dealkylation sites (N-methyl/N-ethyl adjacent to an activating group) is 1. The molecule has 0 saturated heterocycles. The van der Waals surface area contributed by atoms with Crippen LogP contribution in [-0.4, -0.2) is 42.2 Å². The van der Waals surface area contributed by atoms with Crippen LogP contribution >= 0.6 is 11.9 Å². The molecule has 0 saturated carbocycles. The molecule has 27 heavy (non-hydrogen) atoms. The van der Waals surface area contributed by atoms with Crippen molar-refractivity contribution < 1.29 is 5.11 Å². The molecule has 0 radical (unpaired) electrons. The second-order valence-corrected chi connectivity index (χ2v) is 7.07. The maximum atomic E-state index is 10.9. The summed E-state index contributed by atoms with van der Waals surface area (Å²) in [5, 5.41) is 22.1. The summed E-state index contributed by atoms with van der Waals surface area (Å²) < 4.78 is 3.30. The molecule has 0 fully saturated rings. The molecule has 0 spiro atoms. The van der Waals surface area contributed by atoms with Gasteiger partial charge in [-0.3, -0.25) is 4.72 Å². The number of nitroso groups, excluding NO2 is 1. The van der Waals surface area contributed by atoms with Gasteiger partial charge in [-0.25, -0.2) is 0 Å². The first-order chi connectivity index (χ1) is 13.1. The van der Waals surface area contributed by atoms with E-state index in [1.165, 1.54) is 11.9 Å². The number of fused-ring (bicyclic) bond motifs is 1. The molecule has 1 heterocycles. The van der Waals surface area contributed by atoms with E-state index in [1.54, 1.807) is 24.3 Å². The molecular weight excluding hydrogens is 364 g/mol. The summed E-state index contributed by atoms with van der Waals surface area (Å²) in [6.45, 7) is 1.78. The van der Waals surface area contributed by atoms with E-state index >= 15 is 0 Å². The standard InChI is InChI=1S/C18H20N6O2S/c1-24(2)10-9-19-27-12-7-8-14-13(11-12)17(18(25)20-14)22-21-15-5-3-4-6-16(15)23-26/h3-8,11,19-20,25H,9-10H2,1-2H3. The van der Waals surface area contributed by atoms with Gasteiger partial charge >= 0.3 is 0 Å². The molecule has 0 bridgehead atoms. The minimum Gasteiger partial charge on any atom is -0.493 e. The first-order valence-electron chi connectivity index (χ1n) is 8.31. The van der Waals surface area contributed by atoms with Crippen LogP contribution in [0.25, 0.3) is 10.9 Å². The Kier molecular flexibility index (Phi) is 6.17. The third-order valence-corrected chi connectivity index (χ3v) is 4.65. The van der Waals surface area contributed by atoms with Gasteiger partial charge < -0.3 is 15.0 Å². The SMILES string of the molecule is CN(C)CCNSc1ccc2[nH]c(O)c(N=Nc3ccccc3N=O)c2c1. The van der Waals surface area contributed by atoms with Crippen LogP contribution in [0, 0.1) is 4.91 Å². The van der Waals surface area contributed by atoms with Gasteiger partial charge in [0.2, 0.25) is 5.88 Å². The third-order valence-electron chi connectivity index (χ3n) is 3.81. The fraction of sp³-hybridized carbons (Fsp3) is 0.222. The Morgan fingerprint density at radius 3 is 2.67 bits per heavy atom. The molecule has 0 aliphatic heterocycles. The number of aromatic hydroxyl groups is 1. The average Bonchev–Trinajstić information content (AvgIpc) is 2.98. The second kappa shape index (κ2) is 8.76. The Morgan fingerprint density at radius 1 is 1.15 bits per heavy atom. The molecule has 3 aromatic rings. The Bertz CT molecular complexity index is 970. The van der Waals surface area contributed by atoms with Crippen LogP contribution in [0.5, 0.6) is 5.88 Å². The number of nitrogens with one attached hydrogen (secondary N) is 2. The second-order valence-electron chi connectivity index (χ2n) is 6.11. The van der Waals surface area contributed by atoms with Crippen LogP contribution in [0.2, 0.25) is 0 Å². The molecule has 2 aromatic carbocycles. The van der Waals surface area contributed by atoms with E-state index in [9.17, 15) is 10.0 Å². The van der Waals surface area contributed by atoms with Crippen molar-refractivity contribution >= 4 is 39.9 Å². The van der Waals surface area contributed by atoms with E-state index in [0.717, 1.165) is 28.9 Å². The predicted molar refractivity (Wildman–Crippen MR) is 108 cm³/mol. The van der Waals surface area contributed by atoms with Crippen molar-refractivity contribution in [3.05, 3.63) is 47.4 Å². The van der Waals surface area contributed by atoms with Crippen LogP contribution in [0.4, 0.5) is 17.1 Å². The van der Waals surface area contributed by atoms with Gasteiger partial charge in [0.1, 0.15) is 11.4 Å². The molecular formula is C18H20N6O2S. The molecule has 3 N–H and O–H groups in total. The van der Waals surface area contributed by atoms with Crippen molar-refractivity contribution in [1.29, 1.82) is 0 Å². The Morgan fingerprint density at radius 2 is 1.93 bits per heavy atom. The van der Waals surface area contributed by atoms with Gasteiger partial charge in [0.15, 0.2) is 5.69 Å². The number of aromatic nitrogens is 1. The molecule has 0 aliphatic rings. The van der Waals surface area contributed by atoms with Crippen molar-refractivity contribution in [2.75, 3.05) is 27.2 Å². The van der Waals surface area contributed by atoms with Gasteiger partial charge in [-0.15, -0.1) is 15.1 Å². The van der Waals surface area contributed by atoms with Crippen molar-refractivity contribution in [2.45, 2.75) is 4.90 Å². The summed E-state index contributed by atoms with van der Waals surface area (Å²) in [6.07, 6.45) is 0. The lowest BCUT2D eigenvalue weighted by Crippen LogP contribution is -2.22. The molecule has 0 aliphatic carbocycles. The van der Waals surface area contributed by atoms with Crippen LogP contribution in [0.15, 0.2) is 62.8 Å². The van der Waals surface area contributed by atoms with Crippen molar-refractivity contribution in [1.82, 2.24) is 14.6 Å². The van der Waals surface area contributed by atoms with E-state index in [4.69, 9.17) is 0 Å². The van der Waals surface area contributed by atoms with Crippen molar-refractivity contribution in [3.8, 4) is 5.88 Å². The van der Waals surface area contributed by atoms with Crippen LogP contribution in [-0.2, 0) is 0 Å². The van der Waals surface area contributed by atoms with E-state index in [-0.39, 0.29) is 11.6 Å². The van der Waals surface area contributed by atoms with Gasteiger partial charge in [-0.1, -0.05) is 12.1 Å². The fourth-order valence-corrected chi connectivity index (χ4v) is 3.11. The lowest BCUT2D eigenvalue weighted by molar-refractivity contribution is 0.415. The topological polar surface area (TPSA) is 105 Å². The highest BCUT2D eigenvalue weighted by atomic mass is 32.2. The summed E-state index contributed by atoms with van der Waals surface area (Å²) in [4.78, 5) is 16.8. The molecule has 0 atom stereocenters. The minimum absolute atomic E-state index is 0.0759. The zero-order valence-electron chi connectivity index (χ0n) is 15.0. The van der Waals surface area contributed by atoms with E-state index in [0.29, 0.717) is 11.4 Å². The normalized spacial score (nSPS) is 11.7. The maximum Gasteiger partial charge on any atom is 0.218 e. The van der Waals surface area contributed by atoms with Gasteiger partial charge in [0.25, 0.3) is 0 Å². The number of rotatable bonds is 8. The van der Waals surface area contributed by atoms with E-state index in [1.807, 2.05) is 32.3 Å². The smallest absolute Gasteiger partial charge is 0.218 e. The summed E-state index contributed by atoms with van der Waals surface area (Å²) in [6, 6.07) is 12.4. The molecule has 0 unspecified atom stereocenters. The molecule has 140 valence electrons. The quantitative estimate of drug-likeness (QED) is 0.223. The summed E-state index contributed by atoms with van der Waals surface area (Å²) in [7, 11) is 4.05. The molecule has 1 aromatic heterocycles. The summed E-state index contributed by atoms with van der Waals surface area (Å²) >= 11 is 1.51. The van der Waals surface area contributed by atoms with Crippen LogP contribution < -0.4 is 4.72 Å². The average molecular weight is 384 g/mol. The lowest BCUT2D eigenvalue weighted by atomic mass is 10.2.